The van der Waals surface area contributed by atoms with Crippen molar-refractivity contribution in [3.8, 4) is 5.75 Å². The van der Waals surface area contributed by atoms with Crippen LogP contribution in [-0.4, -0.2) is 25.9 Å². The van der Waals surface area contributed by atoms with Gasteiger partial charge >= 0.3 is 0 Å². The van der Waals surface area contributed by atoms with Crippen molar-refractivity contribution in [3.63, 3.8) is 0 Å². The summed E-state index contributed by atoms with van der Waals surface area (Å²) in [6.45, 7) is 5.33. The Morgan fingerprint density at radius 2 is 2.28 bits per heavy atom. The largest absolute Gasteiger partial charge is 0.506 e. The van der Waals surface area contributed by atoms with Crippen LogP contribution in [0.3, 0.4) is 0 Å². The molecule has 0 unspecified atom stereocenters. The lowest BCUT2D eigenvalue weighted by molar-refractivity contribution is 0.429. The van der Waals surface area contributed by atoms with E-state index in [0.29, 0.717) is 12.2 Å². The van der Waals surface area contributed by atoms with Gasteiger partial charge in [0, 0.05) is 30.7 Å². The van der Waals surface area contributed by atoms with Gasteiger partial charge in [0.15, 0.2) is 0 Å². The van der Waals surface area contributed by atoms with E-state index < -0.39 is 0 Å². The van der Waals surface area contributed by atoms with E-state index in [2.05, 4.69) is 22.3 Å². The minimum absolute atomic E-state index is 0.236. The molecule has 0 saturated carbocycles. The standard InChI is InChI=1S/C13H18N4O/c1-10-4-5-13(18)12(16-10)8-14-11(2)9-17-7-3-6-15-17/h3-7,11,14,18H,8-9H2,1-2H3/t11-/m1/s1. The van der Waals surface area contributed by atoms with Gasteiger partial charge in [-0.15, -0.1) is 0 Å². The predicted octanol–water partition coefficient (Wildman–Crippen LogP) is 1.47. The van der Waals surface area contributed by atoms with Crippen LogP contribution in [0, 0.1) is 6.92 Å². The molecule has 5 heteroatoms. The Kier molecular flexibility index (Phi) is 3.94. The van der Waals surface area contributed by atoms with Gasteiger partial charge in [-0.05, 0) is 32.0 Å². The van der Waals surface area contributed by atoms with E-state index in [1.54, 1.807) is 18.3 Å². The van der Waals surface area contributed by atoms with Gasteiger partial charge in [-0.1, -0.05) is 0 Å². The third-order valence-electron chi connectivity index (χ3n) is 2.73. The first-order valence-electron chi connectivity index (χ1n) is 6.01. The van der Waals surface area contributed by atoms with Crippen LogP contribution in [0.4, 0.5) is 0 Å². The van der Waals surface area contributed by atoms with Crippen LogP contribution in [0.1, 0.15) is 18.3 Å². The third kappa shape index (κ3) is 3.30. The molecule has 1 atom stereocenters. The average Bonchev–Trinajstić information content (AvgIpc) is 2.83. The molecule has 0 aliphatic carbocycles. The second-order valence-corrected chi connectivity index (χ2v) is 4.43. The molecule has 2 N–H and O–H groups in total. The van der Waals surface area contributed by atoms with Crippen molar-refractivity contribution in [2.24, 2.45) is 0 Å². The van der Waals surface area contributed by atoms with Crippen LogP contribution in [0.25, 0.3) is 0 Å². The fourth-order valence-corrected chi connectivity index (χ4v) is 1.76. The summed E-state index contributed by atoms with van der Waals surface area (Å²) >= 11 is 0. The highest BCUT2D eigenvalue weighted by atomic mass is 16.3. The lowest BCUT2D eigenvalue weighted by Gasteiger charge is -2.14. The molecule has 2 aromatic heterocycles. The minimum Gasteiger partial charge on any atom is -0.506 e. The van der Waals surface area contributed by atoms with Gasteiger partial charge in [-0.25, -0.2) is 0 Å². The topological polar surface area (TPSA) is 63.0 Å². The molecule has 0 amide bonds. The van der Waals surface area contributed by atoms with E-state index in [0.717, 1.165) is 12.2 Å². The SMILES string of the molecule is Cc1ccc(O)c(CN[C@H](C)Cn2cccn2)n1. The van der Waals surface area contributed by atoms with Crippen molar-refractivity contribution in [1.82, 2.24) is 20.1 Å². The molecule has 2 aromatic rings. The van der Waals surface area contributed by atoms with E-state index >= 15 is 0 Å². The Morgan fingerprint density at radius 1 is 1.44 bits per heavy atom. The monoisotopic (exact) mass is 246 g/mol. The molecule has 18 heavy (non-hydrogen) atoms. The smallest absolute Gasteiger partial charge is 0.138 e. The van der Waals surface area contributed by atoms with Gasteiger partial charge < -0.3 is 10.4 Å². The van der Waals surface area contributed by atoms with Gasteiger partial charge in [-0.3, -0.25) is 9.67 Å². The fourth-order valence-electron chi connectivity index (χ4n) is 1.76. The van der Waals surface area contributed by atoms with Crippen LogP contribution in [-0.2, 0) is 13.1 Å². The van der Waals surface area contributed by atoms with Crippen LogP contribution in [0.15, 0.2) is 30.6 Å². The van der Waals surface area contributed by atoms with Crippen molar-refractivity contribution in [2.45, 2.75) is 33.0 Å². The molecule has 2 rings (SSSR count). The molecular weight excluding hydrogens is 228 g/mol. The number of nitrogens with one attached hydrogen (secondary N) is 1. The summed E-state index contributed by atoms with van der Waals surface area (Å²) in [6, 6.07) is 5.64. The minimum atomic E-state index is 0.236. The highest BCUT2D eigenvalue weighted by molar-refractivity contribution is 5.27. The Hall–Kier alpha value is -1.88. The number of pyridine rings is 1. The van der Waals surface area contributed by atoms with Gasteiger partial charge in [0.25, 0.3) is 0 Å². The van der Waals surface area contributed by atoms with Gasteiger partial charge in [0.1, 0.15) is 5.75 Å². The Bertz CT molecular complexity index is 496. The molecule has 0 fully saturated rings. The summed E-state index contributed by atoms with van der Waals surface area (Å²) in [5.74, 6) is 0.236. The van der Waals surface area contributed by atoms with Crippen LogP contribution >= 0.6 is 0 Å². The number of nitrogens with zero attached hydrogens (tertiary/aromatic N) is 3. The Labute approximate surface area is 106 Å². The molecule has 0 aliphatic heterocycles. The number of aromatic nitrogens is 3. The third-order valence-corrected chi connectivity index (χ3v) is 2.73. The Balaban J connectivity index is 1.89. The second kappa shape index (κ2) is 5.64. The molecule has 96 valence electrons. The first-order valence-corrected chi connectivity index (χ1v) is 6.01. The van der Waals surface area contributed by atoms with E-state index in [1.165, 1.54) is 0 Å². The highest BCUT2D eigenvalue weighted by Crippen LogP contribution is 2.14. The first-order chi connectivity index (χ1) is 8.65. The van der Waals surface area contributed by atoms with Crippen molar-refractivity contribution in [3.05, 3.63) is 42.0 Å². The fraction of sp³-hybridized carbons (Fsp3) is 0.385. The molecule has 5 nitrogen and oxygen atoms in total. The summed E-state index contributed by atoms with van der Waals surface area (Å²) in [7, 11) is 0. The van der Waals surface area contributed by atoms with Crippen molar-refractivity contribution in [2.75, 3.05) is 0 Å². The van der Waals surface area contributed by atoms with Gasteiger partial charge in [-0.2, -0.15) is 5.10 Å². The maximum absolute atomic E-state index is 9.68. The summed E-state index contributed by atoms with van der Waals surface area (Å²) in [4.78, 5) is 4.31. The first kappa shape index (κ1) is 12.6. The maximum Gasteiger partial charge on any atom is 0.138 e. The molecule has 0 aromatic carbocycles. The average molecular weight is 246 g/mol. The molecular formula is C13H18N4O. The zero-order chi connectivity index (χ0) is 13.0. The van der Waals surface area contributed by atoms with E-state index in [1.807, 2.05) is 23.9 Å². The van der Waals surface area contributed by atoms with Crippen molar-refractivity contribution >= 4 is 0 Å². The quantitative estimate of drug-likeness (QED) is 0.838. The lowest BCUT2D eigenvalue weighted by Crippen LogP contribution is -2.30. The van der Waals surface area contributed by atoms with Crippen molar-refractivity contribution in [1.29, 1.82) is 0 Å². The van der Waals surface area contributed by atoms with Gasteiger partial charge in [0.05, 0.1) is 12.2 Å². The van der Waals surface area contributed by atoms with Crippen LogP contribution in [0.5, 0.6) is 5.75 Å². The summed E-state index contributed by atoms with van der Waals surface area (Å²) in [6.07, 6.45) is 3.70. The number of aromatic hydroxyl groups is 1. The summed E-state index contributed by atoms with van der Waals surface area (Å²) in [5, 5.41) is 17.2. The zero-order valence-corrected chi connectivity index (χ0v) is 10.7. The van der Waals surface area contributed by atoms with Crippen molar-refractivity contribution < 1.29 is 5.11 Å². The molecule has 0 aliphatic rings. The van der Waals surface area contributed by atoms with E-state index in [4.69, 9.17) is 0 Å². The summed E-state index contributed by atoms with van der Waals surface area (Å²) in [5.41, 5.74) is 1.59. The molecule has 2 heterocycles. The molecule has 0 bridgehead atoms. The predicted molar refractivity (Wildman–Crippen MR) is 69.2 cm³/mol. The lowest BCUT2D eigenvalue weighted by atomic mass is 10.2. The normalized spacial score (nSPS) is 12.6. The van der Waals surface area contributed by atoms with E-state index in [9.17, 15) is 5.11 Å². The van der Waals surface area contributed by atoms with Gasteiger partial charge in [0.2, 0.25) is 0 Å². The summed E-state index contributed by atoms with van der Waals surface area (Å²) < 4.78 is 1.88. The molecule has 0 saturated heterocycles. The second-order valence-electron chi connectivity index (χ2n) is 4.43. The number of aryl methyl sites for hydroxylation is 1. The molecule has 0 radical (unpaired) electrons. The van der Waals surface area contributed by atoms with Crippen LogP contribution in [0.2, 0.25) is 0 Å². The highest BCUT2D eigenvalue weighted by Gasteiger charge is 2.06. The Morgan fingerprint density at radius 3 is 3.00 bits per heavy atom. The number of hydrogen-bond donors (Lipinski definition) is 2. The zero-order valence-electron chi connectivity index (χ0n) is 10.7. The molecule has 0 spiro atoms. The number of rotatable bonds is 5. The van der Waals surface area contributed by atoms with E-state index in [-0.39, 0.29) is 11.8 Å². The number of hydrogen-bond acceptors (Lipinski definition) is 4. The van der Waals surface area contributed by atoms with Crippen LogP contribution < -0.4 is 5.32 Å². The maximum atomic E-state index is 9.68.